The first-order chi connectivity index (χ1) is 9.20. The van der Waals surface area contributed by atoms with Crippen molar-refractivity contribution in [2.45, 2.75) is 39.3 Å². The second kappa shape index (κ2) is 6.73. The average molecular weight is 282 g/mol. The van der Waals surface area contributed by atoms with Gasteiger partial charge in [0, 0.05) is 32.8 Å². The summed E-state index contributed by atoms with van der Waals surface area (Å²) >= 11 is 6.12. The number of imidazole rings is 1. The van der Waals surface area contributed by atoms with Crippen molar-refractivity contribution in [3.8, 4) is 0 Å². The van der Waals surface area contributed by atoms with Crippen LogP contribution >= 0.6 is 11.6 Å². The van der Waals surface area contributed by atoms with Crippen molar-refractivity contribution in [2.75, 3.05) is 0 Å². The van der Waals surface area contributed by atoms with Gasteiger partial charge in [-0.05, 0) is 12.5 Å². The van der Waals surface area contributed by atoms with E-state index in [2.05, 4.69) is 27.3 Å². The van der Waals surface area contributed by atoms with Gasteiger partial charge < -0.3 is 10.3 Å². The third-order valence-corrected chi connectivity index (χ3v) is 3.39. The van der Waals surface area contributed by atoms with E-state index in [1.165, 1.54) is 0 Å². The van der Waals surface area contributed by atoms with Gasteiger partial charge in [-0.3, -0.25) is 4.68 Å². The number of hydrogen-bond donors (Lipinski definition) is 2. The van der Waals surface area contributed by atoms with Gasteiger partial charge in [0.15, 0.2) is 5.15 Å². The fourth-order valence-corrected chi connectivity index (χ4v) is 2.13. The third kappa shape index (κ3) is 3.81. The molecule has 0 saturated carbocycles. The minimum Gasteiger partial charge on any atom is -0.344 e. The number of H-pyrrole nitrogens is 1. The van der Waals surface area contributed by atoms with Gasteiger partial charge in [0.1, 0.15) is 5.82 Å². The summed E-state index contributed by atoms with van der Waals surface area (Å²) in [5.41, 5.74) is 2.09. The number of aromatic amines is 1. The Kier molecular flexibility index (Phi) is 4.99. The molecule has 0 bridgehead atoms. The molecule has 19 heavy (non-hydrogen) atoms. The molecule has 0 aliphatic rings. The number of aryl methyl sites for hydroxylation is 2. The van der Waals surface area contributed by atoms with Crippen LogP contribution in [-0.2, 0) is 26.6 Å². The predicted molar refractivity (Wildman–Crippen MR) is 76.0 cm³/mol. The summed E-state index contributed by atoms with van der Waals surface area (Å²) in [7, 11) is 1.93. The highest BCUT2D eigenvalue weighted by Gasteiger charge is 2.07. The molecule has 0 aliphatic heterocycles. The second-order valence-corrected chi connectivity index (χ2v) is 4.96. The number of unbranched alkanes of at least 4 members (excludes halogenated alkanes) is 1. The van der Waals surface area contributed by atoms with Crippen LogP contribution in [0, 0.1) is 0 Å². The molecule has 0 fully saturated rings. The summed E-state index contributed by atoms with van der Waals surface area (Å²) in [5, 5.41) is 8.04. The normalized spacial score (nSPS) is 11.1. The molecule has 0 unspecified atom stereocenters. The third-order valence-electron chi connectivity index (χ3n) is 3.07. The van der Waals surface area contributed by atoms with Gasteiger partial charge in [-0.15, -0.1) is 0 Å². The zero-order valence-corrected chi connectivity index (χ0v) is 12.2. The number of nitrogens with one attached hydrogen (secondary N) is 2. The van der Waals surface area contributed by atoms with Crippen molar-refractivity contribution in [2.24, 2.45) is 7.05 Å². The lowest BCUT2D eigenvalue weighted by Gasteiger charge is -2.04. The molecule has 6 heteroatoms. The zero-order valence-electron chi connectivity index (χ0n) is 11.4. The smallest absolute Gasteiger partial charge is 0.151 e. The van der Waals surface area contributed by atoms with Crippen molar-refractivity contribution < 1.29 is 0 Å². The van der Waals surface area contributed by atoms with Crippen LogP contribution in [0.25, 0.3) is 0 Å². The Bertz CT molecular complexity index is 517. The standard InChI is InChI=1S/C13H20ClN5/c1-3-4-5-12-17-11(13(14)18-12)9-15-8-10-6-7-16-19(10)2/h6-7,15H,3-5,8-9H2,1-2H3,(H,17,18). The molecule has 2 aromatic rings. The quantitative estimate of drug-likeness (QED) is 0.819. The molecule has 2 N–H and O–H groups in total. The summed E-state index contributed by atoms with van der Waals surface area (Å²) in [6.07, 6.45) is 5.04. The van der Waals surface area contributed by atoms with Crippen molar-refractivity contribution >= 4 is 11.6 Å². The van der Waals surface area contributed by atoms with E-state index in [1.54, 1.807) is 6.20 Å². The van der Waals surface area contributed by atoms with Gasteiger partial charge in [-0.25, -0.2) is 4.98 Å². The first-order valence-corrected chi connectivity index (χ1v) is 6.99. The van der Waals surface area contributed by atoms with Crippen LogP contribution in [0.1, 0.15) is 37.0 Å². The van der Waals surface area contributed by atoms with Gasteiger partial charge in [0.25, 0.3) is 0 Å². The highest BCUT2D eigenvalue weighted by atomic mass is 35.5. The Hall–Kier alpha value is -1.33. The Labute approximate surface area is 118 Å². The van der Waals surface area contributed by atoms with Crippen LogP contribution < -0.4 is 5.32 Å². The van der Waals surface area contributed by atoms with E-state index in [9.17, 15) is 0 Å². The van der Waals surface area contributed by atoms with Crippen LogP contribution in [0.15, 0.2) is 12.3 Å². The van der Waals surface area contributed by atoms with Gasteiger partial charge in [-0.1, -0.05) is 24.9 Å². The molecule has 0 spiro atoms. The summed E-state index contributed by atoms with van der Waals surface area (Å²) in [5.74, 6) is 0.976. The van der Waals surface area contributed by atoms with Gasteiger partial charge in [-0.2, -0.15) is 5.10 Å². The first-order valence-electron chi connectivity index (χ1n) is 6.61. The maximum atomic E-state index is 6.12. The Morgan fingerprint density at radius 1 is 1.42 bits per heavy atom. The molecule has 0 aromatic carbocycles. The second-order valence-electron chi connectivity index (χ2n) is 4.61. The average Bonchev–Trinajstić information content (AvgIpc) is 2.95. The number of hydrogen-bond acceptors (Lipinski definition) is 3. The maximum Gasteiger partial charge on any atom is 0.151 e. The molecular formula is C13H20ClN5. The molecular weight excluding hydrogens is 262 g/mol. The van der Waals surface area contributed by atoms with Crippen molar-refractivity contribution in [3.63, 3.8) is 0 Å². The minimum absolute atomic E-state index is 0.573. The number of nitrogens with zero attached hydrogens (tertiary/aromatic N) is 3. The zero-order chi connectivity index (χ0) is 13.7. The maximum absolute atomic E-state index is 6.12. The van der Waals surface area contributed by atoms with Gasteiger partial charge >= 0.3 is 0 Å². The predicted octanol–water partition coefficient (Wildman–Crippen LogP) is 2.43. The van der Waals surface area contributed by atoms with Gasteiger partial charge in [0.05, 0.1) is 11.4 Å². The lowest BCUT2D eigenvalue weighted by atomic mass is 10.2. The molecule has 0 atom stereocenters. The van der Waals surface area contributed by atoms with E-state index < -0.39 is 0 Å². The van der Waals surface area contributed by atoms with Crippen molar-refractivity contribution in [1.82, 2.24) is 25.1 Å². The van der Waals surface area contributed by atoms with E-state index in [1.807, 2.05) is 17.8 Å². The lowest BCUT2D eigenvalue weighted by Crippen LogP contribution is -2.15. The Balaban J connectivity index is 1.85. The Morgan fingerprint density at radius 2 is 2.26 bits per heavy atom. The monoisotopic (exact) mass is 281 g/mol. The van der Waals surface area contributed by atoms with E-state index in [4.69, 9.17) is 11.6 Å². The summed E-state index contributed by atoms with van der Waals surface area (Å²) in [6, 6.07) is 1.99. The van der Waals surface area contributed by atoms with Crippen LogP contribution in [0.3, 0.4) is 0 Å². The van der Waals surface area contributed by atoms with E-state index >= 15 is 0 Å². The van der Waals surface area contributed by atoms with E-state index in [-0.39, 0.29) is 0 Å². The van der Waals surface area contributed by atoms with E-state index in [0.29, 0.717) is 11.7 Å². The molecule has 2 heterocycles. The lowest BCUT2D eigenvalue weighted by molar-refractivity contribution is 0.620. The number of halogens is 1. The summed E-state index contributed by atoms with van der Waals surface area (Å²) < 4.78 is 1.86. The highest BCUT2D eigenvalue weighted by Crippen LogP contribution is 2.14. The highest BCUT2D eigenvalue weighted by molar-refractivity contribution is 6.30. The fraction of sp³-hybridized carbons (Fsp3) is 0.538. The van der Waals surface area contributed by atoms with Crippen LogP contribution in [0.4, 0.5) is 0 Å². The van der Waals surface area contributed by atoms with Crippen LogP contribution in [-0.4, -0.2) is 19.7 Å². The largest absolute Gasteiger partial charge is 0.344 e. The molecule has 5 nitrogen and oxygen atoms in total. The summed E-state index contributed by atoms with van der Waals surface area (Å²) in [6.45, 7) is 3.61. The molecule has 0 saturated heterocycles. The van der Waals surface area contributed by atoms with Crippen molar-refractivity contribution in [3.05, 3.63) is 34.6 Å². The van der Waals surface area contributed by atoms with Gasteiger partial charge in [0.2, 0.25) is 0 Å². The van der Waals surface area contributed by atoms with Crippen molar-refractivity contribution in [1.29, 1.82) is 0 Å². The number of aromatic nitrogens is 4. The fourth-order valence-electron chi connectivity index (χ4n) is 1.91. The van der Waals surface area contributed by atoms with Crippen LogP contribution in [0.5, 0.6) is 0 Å². The molecule has 0 aliphatic carbocycles. The molecule has 2 rings (SSSR count). The first kappa shape index (κ1) is 14.1. The molecule has 104 valence electrons. The van der Waals surface area contributed by atoms with Crippen LogP contribution in [0.2, 0.25) is 5.15 Å². The molecule has 0 radical (unpaired) electrons. The molecule has 2 aromatic heterocycles. The topological polar surface area (TPSA) is 58.5 Å². The Morgan fingerprint density at radius 3 is 2.95 bits per heavy atom. The number of rotatable bonds is 7. The summed E-state index contributed by atoms with van der Waals surface area (Å²) in [4.78, 5) is 7.62. The van der Waals surface area contributed by atoms with E-state index in [0.717, 1.165) is 43.0 Å². The minimum atomic E-state index is 0.573. The SMILES string of the molecule is CCCCc1nc(Cl)c(CNCc2ccnn2C)[nH]1. The molecule has 0 amide bonds.